The van der Waals surface area contributed by atoms with E-state index in [0.717, 1.165) is 19.0 Å². The zero-order chi connectivity index (χ0) is 12.4. The van der Waals surface area contributed by atoms with E-state index in [1.165, 1.54) is 44.9 Å². The lowest BCUT2D eigenvalue weighted by Gasteiger charge is -2.32. The van der Waals surface area contributed by atoms with Crippen LogP contribution in [0.3, 0.4) is 0 Å². The summed E-state index contributed by atoms with van der Waals surface area (Å²) in [6.07, 6.45) is 9.18. The molecule has 5 heteroatoms. The van der Waals surface area contributed by atoms with Gasteiger partial charge in [-0.3, -0.25) is 0 Å². The molecule has 0 aromatic carbocycles. The van der Waals surface area contributed by atoms with Crippen molar-refractivity contribution in [3.8, 4) is 0 Å². The van der Waals surface area contributed by atoms with Crippen LogP contribution in [0.1, 0.15) is 44.9 Å². The van der Waals surface area contributed by atoms with Crippen LogP contribution >= 0.6 is 11.6 Å². The quantitative estimate of drug-likeness (QED) is 0.743. The van der Waals surface area contributed by atoms with E-state index in [1.54, 1.807) is 0 Å². The molecule has 0 radical (unpaired) electrons. The normalized spacial score (nSPS) is 29.8. The number of nitrogens with one attached hydrogen (secondary N) is 1. The van der Waals surface area contributed by atoms with Crippen molar-refractivity contribution in [3.63, 3.8) is 0 Å². The first-order chi connectivity index (χ1) is 8.83. The number of rotatable bonds is 1. The minimum atomic E-state index is 0.144. The number of hydrogen-bond acceptors (Lipinski definition) is 4. The van der Waals surface area contributed by atoms with Gasteiger partial charge < -0.3 is 10.2 Å². The lowest BCUT2D eigenvalue weighted by Crippen LogP contribution is -2.44. The average molecular weight is 269 g/mol. The predicted molar refractivity (Wildman–Crippen MR) is 75.0 cm³/mol. The Hall–Kier alpha value is -0.770. The summed E-state index contributed by atoms with van der Waals surface area (Å²) in [6.45, 7) is 2.15. The number of amidine groups is 1. The van der Waals surface area contributed by atoms with Crippen LogP contribution in [-0.4, -0.2) is 35.4 Å². The smallest absolute Gasteiger partial charge is 0.225 e. The second-order valence-electron chi connectivity index (χ2n) is 5.51. The minimum Gasteiger partial charge on any atom is -0.341 e. The highest BCUT2D eigenvalue weighted by molar-refractivity contribution is 6.65. The van der Waals surface area contributed by atoms with Gasteiger partial charge in [0.2, 0.25) is 11.3 Å². The number of nitrogens with zero attached hydrogens (tertiary/aromatic N) is 3. The van der Waals surface area contributed by atoms with E-state index in [1.807, 2.05) is 0 Å². The third kappa shape index (κ3) is 2.63. The fraction of sp³-hybridized carbons (Fsp3) is 0.846. The number of guanidine groups is 1. The zero-order valence-electron chi connectivity index (χ0n) is 10.7. The first kappa shape index (κ1) is 12.3. The molecule has 1 atom stereocenters. The molecule has 0 spiro atoms. The molecular weight excluding hydrogens is 248 g/mol. The zero-order valence-corrected chi connectivity index (χ0v) is 11.5. The predicted octanol–water partition coefficient (Wildman–Crippen LogP) is 2.54. The van der Waals surface area contributed by atoms with E-state index >= 15 is 0 Å². The molecule has 100 valence electrons. The molecule has 3 aliphatic rings. The highest BCUT2D eigenvalue weighted by Crippen LogP contribution is 2.28. The van der Waals surface area contributed by atoms with Crippen LogP contribution in [0, 0.1) is 5.92 Å². The highest BCUT2D eigenvalue weighted by atomic mass is 35.5. The third-order valence-electron chi connectivity index (χ3n) is 4.20. The second-order valence-corrected chi connectivity index (χ2v) is 5.87. The van der Waals surface area contributed by atoms with Crippen LogP contribution in [0.5, 0.6) is 0 Å². The Labute approximate surface area is 114 Å². The summed E-state index contributed by atoms with van der Waals surface area (Å²) < 4.78 is 0. The van der Waals surface area contributed by atoms with Crippen LogP contribution in [0.15, 0.2) is 9.98 Å². The van der Waals surface area contributed by atoms with Crippen molar-refractivity contribution in [1.29, 1.82) is 0 Å². The van der Waals surface area contributed by atoms with Crippen LogP contribution in [-0.2, 0) is 0 Å². The van der Waals surface area contributed by atoms with E-state index in [9.17, 15) is 0 Å². The summed E-state index contributed by atoms with van der Waals surface area (Å²) in [5.41, 5.74) is 0. The standard InChI is InChI=1S/C13H21ClN4/c14-12-15-11(10-6-2-1-3-7-10)16-13(17-12)18-8-4-5-9-18/h10-11H,1-9H2,(H,15,16,17). The van der Waals surface area contributed by atoms with Crippen molar-refractivity contribution < 1.29 is 0 Å². The van der Waals surface area contributed by atoms with Crippen molar-refractivity contribution in [2.75, 3.05) is 13.1 Å². The topological polar surface area (TPSA) is 40.0 Å². The molecule has 1 unspecified atom stereocenters. The number of aliphatic imine (C=N–C) groups is 2. The molecule has 3 rings (SSSR count). The average Bonchev–Trinajstić information content (AvgIpc) is 2.93. The molecule has 0 amide bonds. The molecule has 2 aliphatic heterocycles. The molecule has 2 heterocycles. The van der Waals surface area contributed by atoms with Gasteiger partial charge in [-0.05, 0) is 43.2 Å². The fourth-order valence-electron chi connectivity index (χ4n) is 3.17. The Morgan fingerprint density at radius 3 is 2.50 bits per heavy atom. The maximum Gasteiger partial charge on any atom is 0.225 e. The van der Waals surface area contributed by atoms with Gasteiger partial charge in [-0.15, -0.1) is 0 Å². The van der Waals surface area contributed by atoms with Crippen LogP contribution in [0.4, 0.5) is 0 Å². The number of halogens is 1. The largest absolute Gasteiger partial charge is 0.341 e. The molecule has 2 fully saturated rings. The summed E-state index contributed by atoms with van der Waals surface area (Å²) in [7, 11) is 0. The van der Waals surface area contributed by atoms with Crippen molar-refractivity contribution in [1.82, 2.24) is 10.2 Å². The second kappa shape index (κ2) is 5.47. The van der Waals surface area contributed by atoms with Gasteiger partial charge in [0.15, 0.2) is 0 Å². The van der Waals surface area contributed by atoms with Gasteiger partial charge >= 0.3 is 0 Å². The molecule has 1 aliphatic carbocycles. The molecule has 1 N–H and O–H groups in total. The Morgan fingerprint density at radius 1 is 1.06 bits per heavy atom. The highest BCUT2D eigenvalue weighted by Gasteiger charge is 2.28. The Balaban J connectivity index is 1.73. The van der Waals surface area contributed by atoms with E-state index in [4.69, 9.17) is 16.6 Å². The van der Waals surface area contributed by atoms with Crippen molar-refractivity contribution in [2.24, 2.45) is 15.9 Å². The maximum absolute atomic E-state index is 6.14. The molecule has 0 bridgehead atoms. The van der Waals surface area contributed by atoms with Crippen molar-refractivity contribution >= 4 is 22.9 Å². The van der Waals surface area contributed by atoms with E-state index in [-0.39, 0.29) is 6.17 Å². The maximum atomic E-state index is 6.14. The summed E-state index contributed by atoms with van der Waals surface area (Å²) in [4.78, 5) is 11.4. The van der Waals surface area contributed by atoms with Crippen molar-refractivity contribution in [3.05, 3.63) is 0 Å². The third-order valence-corrected chi connectivity index (χ3v) is 4.40. The van der Waals surface area contributed by atoms with E-state index in [2.05, 4.69) is 15.2 Å². The molecule has 4 nitrogen and oxygen atoms in total. The van der Waals surface area contributed by atoms with Gasteiger partial charge in [0.05, 0.1) is 0 Å². The molecule has 1 saturated carbocycles. The molecule has 1 saturated heterocycles. The first-order valence-electron chi connectivity index (χ1n) is 7.16. The monoisotopic (exact) mass is 268 g/mol. The number of hydrogen-bond donors (Lipinski definition) is 1. The van der Waals surface area contributed by atoms with Crippen LogP contribution in [0.25, 0.3) is 0 Å². The van der Waals surface area contributed by atoms with E-state index in [0.29, 0.717) is 11.2 Å². The lowest BCUT2D eigenvalue weighted by molar-refractivity contribution is 0.291. The Kier molecular flexibility index (Phi) is 3.73. The molecule has 0 aromatic heterocycles. The summed E-state index contributed by atoms with van der Waals surface area (Å²) >= 11 is 6.14. The Morgan fingerprint density at radius 2 is 1.78 bits per heavy atom. The van der Waals surface area contributed by atoms with Crippen molar-refractivity contribution in [2.45, 2.75) is 51.1 Å². The van der Waals surface area contributed by atoms with Gasteiger partial charge in [0.25, 0.3) is 0 Å². The van der Waals surface area contributed by atoms with Gasteiger partial charge in [0.1, 0.15) is 6.17 Å². The van der Waals surface area contributed by atoms with Crippen LogP contribution < -0.4 is 5.32 Å². The minimum absolute atomic E-state index is 0.144. The molecule has 0 aromatic rings. The summed E-state index contributed by atoms with van der Waals surface area (Å²) in [5, 5.41) is 3.76. The number of likely N-dealkylation sites (tertiary alicyclic amines) is 1. The summed E-state index contributed by atoms with van der Waals surface area (Å²) in [5.74, 6) is 1.48. The molecular formula is C13H21ClN4. The van der Waals surface area contributed by atoms with Crippen LogP contribution in [0.2, 0.25) is 0 Å². The summed E-state index contributed by atoms with van der Waals surface area (Å²) in [6, 6.07) is 0. The lowest BCUT2D eigenvalue weighted by atomic mass is 9.87. The van der Waals surface area contributed by atoms with Gasteiger partial charge in [-0.2, -0.15) is 4.99 Å². The SMILES string of the molecule is ClC1=NC(N2CCCC2)=NC(C2CCCCC2)N1. The van der Waals surface area contributed by atoms with Gasteiger partial charge in [0, 0.05) is 13.1 Å². The van der Waals surface area contributed by atoms with E-state index < -0.39 is 0 Å². The molecule has 18 heavy (non-hydrogen) atoms. The first-order valence-corrected chi connectivity index (χ1v) is 7.54. The Bertz CT molecular complexity index is 354. The fourth-order valence-corrected chi connectivity index (χ4v) is 3.36. The van der Waals surface area contributed by atoms with Gasteiger partial charge in [-0.25, -0.2) is 4.99 Å². The van der Waals surface area contributed by atoms with Gasteiger partial charge in [-0.1, -0.05) is 19.3 Å².